The molecule has 1 aromatic rings. The Labute approximate surface area is 437 Å². The van der Waals surface area contributed by atoms with Gasteiger partial charge in [-0.1, -0.05) is 41.9 Å². The number of alkyl carbamates (subject to hydrolysis) is 2. The van der Waals surface area contributed by atoms with Crippen LogP contribution in [0.1, 0.15) is 59.4 Å². The largest absolute Gasteiger partial charge is 0.445 e. The summed E-state index contributed by atoms with van der Waals surface area (Å²) in [7, 11) is 0. The van der Waals surface area contributed by atoms with Gasteiger partial charge in [0.1, 0.15) is 24.3 Å². The number of rotatable bonds is 43. The lowest BCUT2D eigenvalue weighted by Gasteiger charge is -2.25. The number of hydrogen-bond acceptors (Lipinski definition) is 17. The number of alkyl halides is 1. The zero-order chi connectivity index (χ0) is 54.0. The summed E-state index contributed by atoms with van der Waals surface area (Å²) in [5.74, 6) is -1.95. The highest BCUT2D eigenvalue weighted by Crippen LogP contribution is 2.13. The summed E-state index contributed by atoms with van der Waals surface area (Å²) >= 11 is 3.07. The van der Waals surface area contributed by atoms with Gasteiger partial charge in [0.15, 0.2) is 0 Å². The van der Waals surface area contributed by atoms with Crippen molar-refractivity contribution >= 4 is 63.5 Å². The first-order chi connectivity index (χ1) is 35.0. The molecular weight excluding hydrogens is 1030 g/mol. The number of benzene rings is 1. The first kappa shape index (κ1) is 66.1. The lowest BCUT2D eigenvalue weighted by atomic mass is 10.0. The van der Waals surface area contributed by atoms with Crippen LogP contribution in [-0.4, -0.2) is 197 Å². The van der Waals surface area contributed by atoms with Gasteiger partial charge in [-0.15, -0.1) is 0 Å². The Kier molecular flexibility index (Phi) is 38.4. The Morgan fingerprint density at radius 1 is 0.562 bits per heavy atom. The van der Waals surface area contributed by atoms with Crippen molar-refractivity contribution in [2.24, 2.45) is 11.7 Å². The van der Waals surface area contributed by atoms with Crippen LogP contribution in [0.3, 0.4) is 0 Å². The summed E-state index contributed by atoms with van der Waals surface area (Å²) in [6.07, 6.45) is -0.878. The number of nitrogens with two attached hydrogens (primary N) is 1. The van der Waals surface area contributed by atoms with Gasteiger partial charge in [0.05, 0.1) is 111 Å². The van der Waals surface area contributed by atoms with Crippen LogP contribution in [0.5, 0.6) is 0 Å². The van der Waals surface area contributed by atoms with E-state index in [1.807, 2.05) is 0 Å². The lowest BCUT2D eigenvalue weighted by Crippen LogP contribution is -2.54. The number of carbonyl (C=O) groups is 7. The molecule has 0 aliphatic carbocycles. The fourth-order valence-electron chi connectivity index (χ4n) is 5.70. The normalized spacial score (nSPS) is 12.0. The maximum absolute atomic E-state index is 13.5. The van der Waals surface area contributed by atoms with Crippen LogP contribution < -0.4 is 43.0 Å². The number of carbonyl (C=O) groups excluding carboxylic acids is 7. The van der Waals surface area contributed by atoms with E-state index in [9.17, 15) is 33.6 Å². The molecule has 0 aromatic heterocycles. The van der Waals surface area contributed by atoms with E-state index in [0.717, 1.165) is 0 Å². The van der Waals surface area contributed by atoms with Crippen LogP contribution in [0.15, 0.2) is 24.3 Å². The van der Waals surface area contributed by atoms with E-state index in [4.69, 9.17) is 53.1 Å². The molecule has 25 nitrogen and oxygen atoms in total. The van der Waals surface area contributed by atoms with Gasteiger partial charge in [-0.05, 0) is 57.2 Å². The van der Waals surface area contributed by atoms with Gasteiger partial charge in [0, 0.05) is 38.3 Å². The highest BCUT2D eigenvalue weighted by atomic mass is 79.9. The quantitative estimate of drug-likeness (QED) is 0.0339. The number of primary amides is 1. The molecule has 0 bridgehead atoms. The number of amides is 8. The average molecular weight is 1110 g/mol. The Morgan fingerprint density at radius 2 is 1.04 bits per heavy atom. The van der Waals surface area contributed by atoms with E-state index in [1.165, 1.54) is 0 Å². The molecule has 26 heteroatoms. The maximum Gasteiger partial charge on any atom is 0.407 e. The first-order valence-corrected chi connectivity index (χ1v) is 25.5. The van der Waals surface area contributed by atoms with Gasteiger partial charge in [-0.25, -0.2) is 14.4 Å². The molecule has 0 fully saturated rings. The second-order valence-electron chi connectivity index (χ2n) is 17.0. The molecule has 0 aliphatic heterocycles. The minimum Gasteiger partial charge on any atom is -0.445 e. The van der Waals surface area contributed by atoms with Gasteiger partial charge < -0.3 is 90.3 Å². The van der Waals surface area contributed by atoms with Gasteiger partial charge in [-0.3, -0.25) is 19.2 Å². The monoisotopic (exact) mass is 1110 g/mol. The molecule has 1 rings (SSSR count). The minimum absolute atomic E-state index is 0.0174. The Hall–Kier alpha value is -4.93. The van der Waals surface area contributed by atoms with E-state index in [1.54, 1.807) is 58.9 Å². The molecular formula is C47H81BrN8O17. The van der Waals surface area contributed by atoms with Gasteiger partial charge in [0.2, 0.25) is 23.6 Å². The van der Waals surface area contributed by atoms with Crippen molar-refractivity contribution in [2.45, 2.75) is 78.2 Å². The summed E-state index contributed by atoms with van der Waals surface area (Å²) in [5.41, 5.74) is 5.56. The number of nitrogens with one attached hydrogen (secondary N) is 7. The van der Waals surface area contributed by atoms with Crippen molar-refractivity contribution in [3.8, 4) is 0 Å². The van der Waals surface area contributed by atoms with Crippen molar-refractivity contribution in [3.05, 3.63) is 29.8 Å². The molecule has 9 N–H and O–H groups in total. The van der Waals surface area contributed by atoms with Gasteiger partial charge >= 0.3 is 18.2 Å². The van der Waals surface area contributed by atoms with Crippen LogP contribution in [0.25, 0.3) is 0 Å². The van der Waals surface area contributed by atoms with Crippen molar-refractivity contribution in [1.82, 2.24) is 31.9 Å². The highest BCUT2D eigenvalue weighted by molar-refractivity contribution is 9.09. The molecule has 0 aliphatic rings. The van der Waals surface area contributed by atoms with E-state index in [2.05, 4.69) is 53.1 Å². The molecule has 1 aromatic carbocycles. The van der Waals surface area contributed by atoms with Crippen LogP contribution in [0, 0.1) is 5.92 Å². The molecule has 0 heterocycles. The second-order valence-corrected chi connectivity index (χ2v) is 17.6. The number of anilines is 1. The van der Waals surface area contributed by atoms with Crippen molar-refractivity contribution in [3.63, 3.8) is 0 Å². The fraction of sp³-hybridized carbons (Fsp3) is 0.723. The predicted molar refractivity (Wildman–Crippen MR) is 271 cm³/mol. The first-order valence-electron chi connectivity index (χ1n) is 24.4. The van der Waals surface area contributed by atoms with E-state index < -0.39 is 53.6 Å². The second kappa shape index (κ2) is 42.4. The summed E-state index contributed by atoms with van der Waals surface area (Å²) in [6.45, 7) is 15.6. The molecule has 0 saturated carbocycles. The van der Waals surface area contributed by atoms with Crippen molar-refractivity contribution in [1.29, 1.82) is 0 Å². The number of ether oxygens (including phenoxy) is 10. The summed E-state index contributed by atoms with van der Waals surface area (Å²) < 4.78 is 54.1. The maximum atomic E-state index is 13.5. The van der Waals surface area contributed by atoms with Crippen LogP contribution in [0.2, 0.25) is 0 Å². The zero-order valence-electron chi connectivity index (χ0n) is 43.1. The minimum atomic E-state index is -1.04. The molecule has 2 atom stereocenters. The third-order valence-electron chi connectivity index (χ3n) is 9.29. The van der Waals surface area contributed by atoms with E-state index in [0.29, 0.717) is 110 Å². The average Bonchev–Trinajstić information content (AvgIpc) is 3.34. The Balaban J connectivity index is 2.27. The molecule has 0 saturated heterocycles. The van der Waals surface area contributed by atoms with Crippen molar-refractivity contribution < 1.29 is 80.9 Å². The zero-order valence-corrected chi connectivity index (χ0v) is 44.7. The molecule has 73 heavy (non-hydrogen) atoms. The summed E-state index contributed by atoms with van der Waals surface area (Å²) in [4.78, 5) is 86.0. The van der Waals surface area contributed by atoms with Crippen LogP contribution >= 0.6 is 15.9 Å². The van der Waals surface area contributed by atoms with Crippen LogP contribution in [0.4, 0.5) is 20.1 Å². The number of halogens is 1. The van der Waals surface area contributed by atoms with E-state index in [-0.39, 0.29) is 76.1 Å². The predicted octanol–water partition coefficient (Wildman–Crippen LogP) is 1.48. The Bertz CT molecular complexity index is 1690. The van der Waals surface area contributed by atoms with Crippen LogP contribution in [-0.2, 0) is 73.2 Å². The summed E-state index contributed by atoms with van der Waals surface area (Å²) in [6, 6.07) is 3.76. The standard InChI is InChI=1S/C47H81BrN8O17/c1-35(2)41(56-39(57)12-17-64-19-21-66-23-25-68-27-29-70-31-32-71-30-28-69-26-24-67-22-20-65-18-16-50-40(58)33-48)43(60)55-38(7-6-13-51-44(49)61)42(59)54-37-10-8-36(9-11-37)34-72-45(62)52-14-15-53-46(63)73-47(3,4)5/h8-11,35,38,41H,6-7,12-34H2,1-5H3,(H,50,58)(H,52,62)(H,53,63)(H,54,59)(H,55,60)(H,56,57)(H3,49,51,61)/t38-,41-/m0/s1. The molecule has 0 spiro atoms. The smallest absolute Gasteiger partial charge is 0.407 e. The Morgan fingerprint density at radius 3 is 1.51 bits per heavy atom. The SMILES string of the molecule is CC(C)[C@H](NC(=O)CCOCCOCCOCCOCCOCCOCCOCCOCCNC(=O)CBr)C(=O)N[C@@H](CCCNC(N)=O)C(=O)Nc1ccc(COC(=O)NCCNC(=O)OC(C)(C)C)cc1. The molecule has 418 valence electrons. The van der Waals surface area contributed by atoms with Gasteiger partial charge in [-0.2, -0.15) is 0 Å². The fourth-order valence-corrected chi connectivity index (χ4v) is 5.90. The lowest BCUT2D eigenvalue weighted by molar-refractivity contribution is -0.132. The topological polar surface area (TPSA) is 322 Å². The number of hydrogen-bond donors (Lipinski definition) is 8. The van der Waals surface area contributed by atoms with Gasteiger partial charge in [0.25, 0.3) is 0 Å². The van der Waals surface area contributed by atoms with E-state index >= 15 is 0 Å². The summed E-state index contributed by atoms with van der Waals surface area (Å²) in [5, 5.41) is 18.7. The third kappa shape index (κ3) is 39.2. The molecule has 0 radical (unpaired) electrons. The number of urea groups is 1. The third-order valence-corrected chi connectivity index (χ3v) is 9.80. The van der Waals surface area contributed by atoms with Crippen molar-refractivity contribution in [2.75, 3.05) is 143 Å². The highest BCUT2D eigenvalue weighted by Gasteiger charge is 2.29. The molecule has 8 amide bonds. The molecule has 0 unspecified atom stereocenters.